The second-order valence-electron chi connectivity index (χ2n) is 6.48. The molecule has 0 aromatic heterocycles. The van der Waals surface area contributed by atoms with Crippen molar-refractivity contribution in [1.29, 1.82) is 0 Å². The summed E-state index contributed by atoms with van der Waals surface area (Å²) in [5, 5.41) is 6.68. The van der Waals surface area contributed by atoms with Gasteiger partial charge in [-0.1, -0.05) is 53.5 Å². The summed E-state index contributed by atoms with van der Waals surface area (Å²) in [5.41, 5.74) is 8.15. The molecule has 0 aliphatic heterocycles. The van der Waals surface area contributed by atoms with Crippen LogP contribution in [0.25, 0.3) is 0 Å². The van der Waals surface area contributed by atoms with E-state index in [9.17, 15) is 4.79 Å². The lowest BCUT2D eigenvalue weighted by molar-refractivity contribution is 0.1000. The summed E-state index contributed by atoms with van der Waals surface area (Å²) in [6.07, 6.45) is 2.09. The molecule has 4 N–H and O–H groups in total. The van der Waals surface area contributed by atoms with E-state index in [0.717, 1.165) is 35.4 Å². The molecule has 0 bridgehead atoms. The van der Waals surface area contributed by atoms with Gasteiger partial charge in [-0.2, -0.15) is 0 Å². The molecule has 1 atom stereocenters. The van der Waals surface area contributed by atoms with Gasteiger partial charge in [-0.05, 0) is 47.7 Å². The number of carbonyl (C=O) groups is 1. The molecule has 0 fully saturated rings. The number of aliphatic imine (C=N–C) groups is 1. The van der Waals surface area contributed by atoms with Crippen molar-refractivity contribution >= 4 is 51.8 Å². The molecule has 152 valence electrons. The van der Waals surface area contributed by atoms with E-state index in [4.69, 9.17) is 5.73 Å². The highest BCUT2D eigenvalue weighted by Crippen LogP contribution is 2.16. The van der Waals surface area contributed by atoms with Crippen molar-refractivity contribution < 1.29 is 4.79 Å². The first-order valence-electron chi connectivity index (χ1n) is 9.09. The van der Waals surface area contributed by atoms with Crippen LogP contribution in [0.2, 0.25) is 0 Å². The van der Waals surface area contributed by atoms with Gasteiger partial charge < -0.3 is 16.4 Å². The van der Waals surface area contributed by atoms with Gasteiger partial charge >= 0.3 is 0 Å². The van der Waals surface area contributed by atoms with Gasteiger partial charge in [0.15, 0.2) is 5.96 Å². The summed E-state index contributed by atoms with van der Waals surface area (Å²) in [5.74, 6) is 0.834. The highest BCUT2D eigenvalue weighted by molar-refractivity contribution is 14.0. The Morgan fingerprint density at radius 3 is 2.50 bits per heavy atom. The van der Waals surface area contributed by atoms with E-state index in [-0.39, 0.29) is 24.0 Å². The van der Waals surface area contributed by atoms with Gasteiger partial charge in [0.05, 0.1) is 0 Å². The van der Waals surface area contributed by atoms with Gasteiger partial charge in [-0.3, -0.25) is 9.79 Å². The summed E-state index contributed by atoms with van der Waals surface area (Å²) < 4.78 is 1.11. The maximum Gasteiger partial charge on any atom is 0.248 e. The molecular weight excluding hydrogens is 531 g/mol. The van der Waals surface area contributed by atoms with E-state index < -0.39 is 5.91 Å². The number of rotatable bonds is 8. The smallest absolute Gasteiger partial charge is 0.248 e. The van der Waals surface area contributed by atoms with E-state index in [2.05, 4.69) is 56.7 Å². The monoisotopic (exact) mass is 558 g/mol. The van der Waals surface area contributed by atoms with Crippen LogP contribution < -0.4 is 16.4 Å². The lowest BCUT2D eigenvalue weighted by atomic mass is 9.97. The quantitative estimate of drug-likeness (QED) is 0.259. The largest absolute Gasteiger partial charge is 0.366 e. The number of nitrogens with one attached hydrogen (secondary N) is 2. The Hall–Kier alpha value is -1.61. The van der Waals surface area contributed by atoms with E-state index in [1.807, 2.05) is 18.2 Å². The summed E-state index contributed by atoms with van der Waals surface area (Å²) in [6, 6.07) is 15.7. The topological polar surface area (TPSA) is 79.5 Å². The summed E-state index contributed by atoms with van der Waals surface area (Å²) >= 11 is 3.53. The van der Waals surface area contributed by atoms with Crippen LogP contribution in [-0.4, -0.2) is 25.5 Å². The zero-order valence-electron chi connectivity index (χ0n) is 16.2. The Bertz CT molecular complexity index is 797. The molecule has 7 heteroatoms. The Morgan fingerprint density at radius 2 is 1.86 bits per heavy atom. The van der Waals surface area contributed by atoms with Crippen molar-refractivity contribution in [2.75, 3.05) is 13.6 Å². The number of halogens is 2. The highest BCUT2D eigenvalue weighted by Gasteiger charge is 2.09. The van der Waals surface area contributed by atoms with Crippen LogP contribution in [0.4, 0.5) is 0 Å². The van der Waals surface area contributed by atoms with Crippen LogP contribution in [0, 0.1) is 5.92 Å². The number of amides is 1. The van der Waals surface area contributed by atoms with Gasteiger partial charge in [0.2, 0.25) is 5.91 Å². The van der Waals surface area contributed by atoms with Gasteiger partial charge in [-0.25, -0.2) is 0 Å². The van der Waals surface area contributed by atoms with E-state index in [1.54, 1.807) is 19.2 Å². The average Bonchev–Trinajstić information content (AvgIpc) is 2.67. The normalized spacial score (nSPS) is 12.0. The van der Waals surface area contributed by atoms with Crippen molar-refractivity contribution in [3.05, 3.63) is 69.7 Å². The third-order valence-corrected chi connectivity index (χ3v) is 4.94. The molecule has 1 amide bonds. The molecule has 0 aliphatic rings. The predicted molar refractivity (Wildman–Crippen MR) is 130 cm³/mol. The molecular formula is C21H28BrIN4O. The molecule has 28 heavy (non-hydrogen) atoms. The Balaban J connectivity index is 0.00000392. The zero-order chi connectivity index (χ0) is 19.6. The van der Waals surface area contributed by atoms with Crippen molar-refractivity contribution in [3.63, 3.8) is 0 Å². The van der Waals surface area contributed by atoms with E-state index in [1.165, 1.54) is 5.56 Å². The molecule has 0 spiro atoms. The summed E-state index contributed by atoms with van der Waals surface area (Å²) in [6.45, 7) is 3.61. The van der Waals surface area contributed by atoms with Gasteiger partial charge in [0.1, 0.15) is 0 Å². The fourth-order valence-electron chi connectivity index (χ4n) is 2.84. The first kappa shape index (κ1) is 24.4. The summed E-state index contributed by atoms with van der Waals surface area (Å²) in [4.78, 5) is 15.6. The molecule has 1 unspecified atom stereocenters. The summed E-state index contributed by atoms with van der Waals surface area (Å²) in [7, 11) is 1.75. The number of primary amides is 1. The number of nitrogens with two attached hydrogens (primary N) is 1. The molecule has 0 saturated carbocycles. The standard InChI is InChI=1S/C21H27BrN4O.HI/c1-3-15(10-16-6-5-9-19(22)12-16)13-25-21(24-2)26-14-17-7-4-8-18(11-17)20(23)27;/h4-9,11-12,15H,3,10,13-14H2,1-2H3,(H2,23,27)(H2,24,25,26);1H. The number of carbonyl (C=O) groups excluding carboxylic acids is 1. The van der Waals surface area contributed by atoms with Crippen LogP contribution in [0.1, 0.15) is 34.8 Å². The Kier molecular flexibility index (Phi) is 11.1. The molecule has 0 radical (unpaired) electrons. The predicted octanol–water partition coefficient (Wildman–Crippen LogP) is 4.10. The minimum Gasteiger partial charge on any atom is -0.366 e. The molecule has 0 aliphatic carbocycles. The molecule has 2 aromatic rings. The van der Waals surface area contributed by atoms with Crippen LogP contribution in [0.15, 0.2) is 58.0 Å². The molecule has 2 rings (SSSR count). The highest BCUT2D eigenvalue weighted by atomic mass is 127. The first-order valence-corrected chi connectivity index (χ1v) is 9.88. The lowest BCUT2D eigenvalue weighted by Gasteiger charge is -2.18. The Labute approximate surface area is 192 Å². The minimum atomic E-state index is -0.419. The van der Waals surface area contributed by atoms with Crippen LogP contribution in [0.3, 0.4) is 0 Å². The second kappa shape index (κ2) is 12.8. The molecule has 2 aromatic carbocycles. The maximum atomic E-state index is 11.3. The zero-order valence-corrected chi connectivity index (χ0v) is 20.2. The van der Waals surface area contributed by atoms with E-state index >= 15 is 0 Å². The van der Waals surface area contributed by atoms with Crippen molar-refractivity contribution in [2.24, 2.45) is 16.6 Å². The molecule has 0 saturated heterocycles. The lowest BCUT2D eigenvalue weighted by Crippen LogP contribution is -2.39. The van der Waals surface area contributed by atoms with Crippen molar-refractivity contribution in [3.8, 4) is 0 Å². The van der Waals surface area contributed by atoms with Crippen molar-refractivity contribution in [1.82, 2.24) is 10.6 Å². The number of hydrogen-bond acceptors (Lipinski definition) is 2. The second-order valence-corrected chi connectivity index (χ2v) is 7.40. The van der Waals surface area contributed by atoms with Crippen LogP contribution in [0.5, 0.6) is 0 Å². The van der Waals surface area contributed by atoms with Gasteiger partial charge in [0, 0.05) is 30.2 Å². The van der Waals surface area contributed by atoms with Crippen LogP contribution >= 0.6 is 39.9 Å². The van der Waals surface area contributed by atoms with Gasteiger partial charge in [0.25, 0.3) is 0 Å². The number of hydrogen-bond donors (Lipinski definition) is 3. The maximum absolute atomic E-state index is 11.3. The van der Waals surface area contributed by atoms with Crippen molar-refractivity contribution in [2.45, 2.75) is 26.3 Å². The third-order valence-electron chi connectivity index (χ3n) is 4.44. The average molecular weight is 559 g/mol. The first-order chi connectivity index (χ1) is 13.0. The molecule has 0 heterocycles. The fraction of sp³-hybridized carbons (Fsp3) is 0.333. The number of guanidine groups is 1. The van der Waals surface area contributed by atoms with Crippen LogP contribution in [-0.2, 0) is 13.0 Å². The number of nitrogens with zero attached hydrogens (tertiary/aromatic N) is 1. The minimum absolute atomic E-state index is 0. The Morgan fingerprint density at radius 1 is 1.14 bits per heavy atom. The SMILES string of the molecule is CCC(CNC(=NC)NCc1cccc(C(N)=O)c1)Cc1cccc(Br)c1.I. The molecule has 5 nitrogen and oxygen atoms in total. The van der Waals surface area contributed by atoms with E-state index in [0.29, 0.717) is 18.0 Å². The third kappa shape index (κ3) is 8.18. The fourth-order valence-corrected chi connectivity index (χ4v) is 3.29. The van der Waals surface area contributed by atoms with Gasteiger partial charge in [-0.15, -0.1) is 24.0 Å². The number of benzene rings is 2.